The van der Waals surface area contributed by atoms with Crippen molar-refractivity contribution < 1.29 is 5.11 Å². The van der Waals surface area contributed by atoms with E-state index in [1.54, 1.807) is 0 Å². The maximum atomic E-state index is 9.70. The second-order valence-corrected chi connectivity index (χ2v) is 5.04. The van der Waals surface area contributed by atoms with Crippen LogP contribution in [0.3, 0.4) is 0 Å². The van der Waals surface area contributed by atoms with Gasteiger partial charge in [-0.05, 0) is 37.3 Å². The summed E-state index contributed by atoms with van der Waals surface area (Å²) in [6.45, 7) is 8.13. The Hall–Kier alpha value is -0.820. The van der Waals surface area contributed by atoms with Gasteiger partial charge in [0.2, 0.25) is 0 Å². The van der Waals surface area contributed by atoms with E-state index in [9.17, 15) is 5.11 Å². The zero-order chi connectivity index (χ0) is 11.5. The minimum absolute atomic E-state index is 0.613. The number of hydrogen-bond donors (Lipinski definition) is 1. The molecule has 1 N–H and O–H groups in total. The van der Waals surface area contributed by atoms with E-state index in [-0.39, 0.29) is 0 Å². The predicted octanol–water partition coefficient (Wildman–Crippen LogP) is 3.51. The number of rotatable bonds is 4. The lowest BCUT2D eigenvalue weighted by Crippen LogP contribution is -2.21. The first-order valence-electron chi connectivity index (χ1n) is 5.73. The lowest BCUT2D eigenvalue weighted by molar-refractivity contribution is 0.0810. The molecule has 0 radical (unpaired) electrons. The molecule has 0 aliphatic heterocycles. The van der Waals surface area contributed by atoms with Crippen molar-refractivity contribution in [3.05, 3.63) is 35.4 Å². The van der Waals surface area contributed by atoms with Crippen LogP contribution in [-0.2, 0) is 6.42 Å². The Labute approximate surface area is 93.1 Å². The minimum atomic E-state index is -0.613. The fourth-order valence-corrected chi connectivity index (χ4v) is 1.70. The largest absolute Gasteiger partial charge is 0.390 e. The van der Waals surface area contributed by atoms with Gasteiger partial charge in [-0.25, -0.2) is 0 Å². The summed E-state index contributed by atoms with van der Waals surface area (Å²) in [6.07, 6.45) is 1.89. The van der Waals surface area contributed by atoms with Gasteiger partial charge in [0.05, 0.1) is 5.60 Å². The standard InChI is InChI=1S/C14H22O/c1-5-11(2)13-8-6-12(7-9-13)10-14(3,4)15/h6-9,11,15H,5,10H2,1-4H3. The Morgan fingerprint density at radius 3 is 2.13 bits per heavy atom. The molecule has 0 heterocycles. The number of hydrogen-bond acceptors (Lipinski definition) is 1. The Balaban J connectivity index is 2.72. The molecular formula is C14H22O. The summed E-state index contributed by atoms with van der Waals surface area (Å²) in [5.41, 5.74) is 1.98. The average Bonchev–Trinajstić information content (AvgIpc) is 2.15. The first-order valence-corrected chi connectivity index (χ1v) is 5.73. The lowest BCUT2D eigenvalue weighted by atomic mass is 9.94. The molecule has 15 heavy (non-hydrogen) atoms. The monoisotopic (exact) mass is 206 g/mol. The lowest BCUT2D eigenvalue weighted by Gasteiger charge is -2.17. The smallest absolute Gasteiger partial charge is 0.0631 e. The molecule has 0 saturated heterocycles. The minimum Gasteiger partial charge on any atom is -0.390 e. The summed E-state index contributed by atoms with van der Waals surface area (Å²) < 4.78 is 0. The van der Waals surface area contributed by atoms with Crippen LogP contribution in [0.5, 0.6) is 0 Å². The molecule has 0 aliphatic rings. The number of aliphatic hydroxyl groups is 1. The fourth-order valence-electron chi connectivity index (χ4n) is 1.70. The fraction of sp³-hybridized carbons (Fsp3) is 0.571. The van der Waals surface area contributed by atoms with Gasteiger partial charge in [-0.2, -0.15) is 0 Å². The summed E-state index contributed by atoms with van der Waals surface area (Å²) in [6, 6.07) is 8.60. The van der Waals surface area contributed by atoms with Crippen molar-refractivity contribution in [2.24, 2.45) is 0 Å². The highest BCUT2D eigenvalue weighted by Gasteiger charge is 2.13. The van der Waals surface area contributed by atoms with Gasteiger partial charge in [0.25, 0.3) is 0 Å². The zero-order valence-corrected chi connectivity index (χ0v) is 10.2. The van der Waals surface area contributed by atoms with Gasteiger partial charge in [-0.1, -0.05) is 38.1 Å². The van der Waals surface area contributed by atoms with Crippen LogP contribution < -0.4 is 0 Å². The van der Waals surface area contributed by atoms with E-state index in [0.29, 0.717) is 12.3 Å². The molecule has 1 aromatic rings. The highest BCUT2D eigenvalue weighted by Crippen LogP contribution is 2.20. The molecule has 0 aromatic heterocycles. The Kier molecular flexibility index (Phi) is 3.92. The molecule has 1 rings (SSSR count). The van der Waals surface area contributed by atoms with E-state index in [0.717, 1.165) is 0 Å². The summed E-state index contributed by atoms with van der Waals surface area (Å²) in [7, 11) is 0. The van der Waals surface area contributed by atoms with E-state index in [4.69, 9.17) is 0 Å². The van der Waals surface area contributed by atoms with Gasteiger partial charge in [0, 0.05) is 6.42 Å². The molecule has 0 spiro atoms. The van der Waals surface area contributed by atoms with Crippen LogP contribution in [0.25, 0.3) is 0 Å². The van der Waals surface area contributed by atoms with Crippen LogP contribution in [0.1, 0.15) is 51.2 Å². The van der Waals surface area contributed by atoms with E-state index in [2.05, 4.69) is 38.1 Å². The van der Waals surface area contributed by atoms with Crippen LogP contribution in [0, 0.1) is 0 Å². The number of benzene rings is 1. The molecule has 0 amide bonds. The van der Waals surface area contributed by atoms with Crippen molar-refractivity contribution in [3.63, 3.8) is 0 Å². The molecule has 1 nitrogen and oxygen atoms in total. The normalized spacial score (nSPS) is 13.9. The molecule has 0 fully saturated rings. The maximum Gasteiger partial charge on any atom is 0.0631 e. The maximum absolute atomic E-state index is 9.70. The third-order valence-electron chi connectivity index (χ3n) is 2.80. The third kappa shape index (κ3) is 4.05. The molecular weight excluding hydrogens is 184 g/mol. The summed E-state index contributed by atoms with van der Waals surface area (Å²) in [5, 5.41) is 9.70. The van der Waals surface area contributed by atoms with E-state index in [1.807, 2.05) is 13.8 Å². The first kappa shape index (κ1) is 12.3. The van der Waals surface area contributed by atoms with Gasteiger partial charge in [0.15, 0.2) is 0 Å². The highest BCUT2D eigenvalue weighted by molar-refractivity contribution is 5.25. The molecule has 0 saturated carbocycles. The zero-order valence-electron chi connectivity index (χ0n) is 10.2. The molecule has 1 atom stereocenters. The van der Waals surface area contributed by atoms with Crippen LogP contribution in [0.2, 0.25) is 0 Å². The molecule has 1 heteroatoms. The van der Waals surface area contributed by atoms with Crippen molar-refractivity contribution in [1.29, 1.82) is 0 Å². The summed E-state index contributed by atoms with van der Waals surface area (Å²) >= 11 is 0. The molecule has 84 valence electrons. The topological polar surface area (TPSA) is 20.2 Å². The summed E-state index contributed by atoms with van der Waals surface area (Å²) in [4.78, 5) is 0. The third-order valence-corrected chi connectivity index (χ3v) is 2.80. The SMILES string of the molecule is CCC(C)c1ccc(CC(C)(C)O)cc1. The van der Waals surface area contributed by atoms with Crippen molar-refractivity contribution >= 4 is 0 Å². The van der Waals surface area contributed by atoms with Gasteiger partial charge < -0.3 is 5.11 Å². The van der Waals surface area contributed by atoms with Gasteiger partial charge >= 0.3 is 0 Å². The van der Waals surface area contributed by atoms with Gasteiger partial charge in [-0.15, -0.1) is 0 Å². The quantitative estimate of drug-likeness (QED) is 0.799. The van der Waals surface area contributed by atoms with Gasteiger partial charge in [0.1, 0.15) is 0 Å². The second-order valence-electron chi connectivity index (χ2n) is 5.04. The second kappa shape index (κ2) is 4.80. The van der Waals surface area contributed by atoms with Crippen molar-refractivity contribution in [2.45, 2.75) is 52.1 Å². The van der Waals surface area contributed by atoms with Crippen LogP contribution in [-0.4, -0.2) is 10.7 Å². The summed E-state index contributed by atoms with van der Waals surface area (Å²) in [5.74, 6) is 0.626. The van der Waals surface area contributed by atoms with E-state index in [1.165, 1.54) is 17.5 Å². The molecule has 1 aromatic carbocycles. The van der Waals surface area contributed by atoms with Crippen LogP contribution in [0.4, 0.5) is 0 Å². The highest BCUT2D eigenvalue weighted by atomic mass is 16.3. The average molecular weight is 206 g/mol. The van der Waals surface area contributed by atoms with E-state index >= 15 is 0 Å². The van der Waals surface area contributed by atoms with E-state index < -0.39 is 5.60 Å². The first-order chi connectivity index (χ1) is 6.92. The predicted molar refractivity (Wildman–Crippen MR) is 65.1 cm³/mol. The Bertz CT molecular complexity index is 292. The van der Waals surface area contributed by atoms with Crippen molar-refractivity contribution in [3.8, 4) is 0 Å². The Morgan fingerprint density at radius 2 is 1.73 bits per heavy atom. The molecule has 0 bridgehead atoms. The van der Waals surface area contributed by atoms with Crippen LogP contribution >= 0.6 is 0 Å². The van der Waals surface area contributed by atoms with Crippen molar-refractivity contribution in [2.75, 3.05) is 0 Å². The van der Waals surface area contributed by atoms with Gasteiger partial charge in [-0.3, -0.25) is 0 Å². The molecule has 1 unspecified atom stereocenters. The molecule has 0 aliphatic carbocycles. The van der Waals surface area contributed by atoms with Crippen molar-refractivity contribution in [1.82, 2.24) is 0 Å². The Morgan fingerprint density at radius 1 is 1.20 bits per heavy atom. The van der Waals surface area contributed by atoms with Crippen LogP contribution in [0.15, 0.2) is 24.3 Å².